The summed E-state index contributed by atoms with van der Waals surface area (Å²) in [5.41, 5.74) is 3.07. The molecule has 21 heavy (non-hydrogen) atoms. The van der Waals surface area contributed by atoms with Gasteiger partial charge in [0.1, 0.15) is 11.5 Å². The maximum atomic E-state index is 6.28. The van der Waals surface area contributed by atoms with Gasteiger partial charge in [-0.05, 0) is 61.3 Å². The van der Waals surface area contributed by atoms with E-state index in [0.29, 0.717) is 5.02 Å². The largest absolute Gasteiger partial charge is 0.457 e. The van der Waals surface area contributed by atoms with Gasteiger partial charge >= 0.3 is 0 Å². The van der Waals surface area contributed by atoms with E-state index < -0.39 is 0 Å². The molecule has 0 spiro atoms. The number of ether oxygens (including phenoxy) is 1. The predicted octanol–water partition coefficient (Wildman–Crippen LogP) is 5.51. The molecule has 2 nitrogen and oxygen atoms in total. The Morgan fingerprint density at radius 2 is 1.67 bits per heavy atom. The third kappa shape index (κ3) is 4.13. The molecule has 0 atom stereocenters. The number of rotatable bonds is 5. The Bertz CT molecular complexity index is 618. The molecule has 0 radical (unpaired) electrons. The number of hydrogen-bond donors (Lipinski definition) is 1. The third-order valence-electron chi connectivity index (χ3n) is 3.24. The molecule has 1 N–H and O–H groups in total. The minimum atomic E-state index is 0.704. The molecule has 4 heteroatoms. The highest BCUT2D eigenvalue weighted by Gasteiger charge is 2.07. The highest BCUT2D eigenvalue weighted by atomic mass is 35.5. The molecule has 0 aromatic heterocycles. The average Bonchev–Trinajstić information content (AvgIpc) is 2.44. The van der Waals surface area contributed by atoms with E-state index >= 15 is 0 Å². The van der Waals surface area contributed by atoms with Gasteiger partial charge in [-0.1, -0.05) is 36.2 Å². The summed E-state index contributed by atoms with van der Waals surface area (Å²) in [7, 11) is 0. The van der Waals surface area contributed by atoms with Gasteiger partial charge in [0, 0.05) is 16.6 Å². The van der Waals surface area contributed by atoms with E-state index in [1.807, 2.05) is 44.2 Å². The Kier molecular flexibility index (Phi) is 5.51. The van der Waals surface area contributed by atoms with Crippen molar-refractivity contribution in [2.24, 2.45) is 0 Å². The van der Waals surface area contributed by atoms with Crippen molar-refractivity contribution in [1.82, 2.24) is 5.32 Å². The molecule has 0 aliphatic rings. The fourth-order valence-corrected chi connectivity index (χ4v) is 2.44. The van der Waals surface area contributed by atoms with Crippen LogP contribution in [0.4, 0.5) is 0 Å². The van der Waals surface area contributed by atoms with Crippen LogP contribution in [-0.2, 0) is 6.54 Å². The van der Waals surface area contributed by atoms with E-state index in [4.69, 9.17) is 27.9 Å². The maximum Gasteiger partial charge on any atom is 0.128 e. The van der Waals surface area contributed by atoms with Crippen molar-refractivity contribution in [3.8, 4) is 11.5 Å². The molecule has 0 saturated carbocycles. The molecular formula is C17H19Cl2NO. The Hall–Kier alpha value is -1.22. The zero-order valence-electron chi connectivity index (χ0n) is 12.5. The van der Waals surface area contributed by atoms with Crippen LogP contribution in [0, 0.1) is 13.8 Å². The Morgan fingerprint density at radius 3 is 2.24 bits per heavy atom. The third-order valence-corrected chi connectivity index (χ3v) is 4.18. The molecule has 0 fully saturated rings. The van der Waals surface area contributed by atoms with Crippen molar-refractivity contribution >= 4 is 23.2 Å². The van der Waals surface area contributed by atoms with E-state index in [9.17, 15) is 0 Å². The monoisotopic (exact) mass is 323 g/mol. The maximum absolute atomic E-state index is 6.28. The molecule has 0 aliphatic carbocycles. The lowest BCUT2D eigenvalue weighted by molar-refractivity contribution is 0.481. The van der Waals surface area contributed by atoms with E-state index in [1.165, 1.54) is 0 Å². The number of halogens is 2. The fraction of sp³-hybridized carbons (Fsp3) is 0.294. The standard InChI is InChI=1S/C17H19Cl2NO/c1-4-20-10-13-5-6-14(9-16(13)18)21-15-7-11(2)17(19)12(3)8-15/h5-9,20H,4,10H2,1-3H3. The van der Waals surface area contributed by atoms with Crippen LogP contribution < -0.4 is 10.1 Å². The van der Waals surface area contributed by atoms with Crippen LogP contribution in [0.25, 0.3) is 0 Å². The van der Waals surface area contributed by atoms with E-state index in [0.717, 1.165) is 46.3 Å². The van der Waals surface area contributed by atoms with Gasteiger partial charge in [0.15, 0.2) is 0 Å². The second-order valence-electron chi connectivity index (χ2n) is 5.01. The van der Waals surface area contributed by atoms with Crippen molar-refractivity contribution in [1.29, 1.82) is 0 Å². The minimum absolute atomic E-state index is 0.704. The highest BCUT2D eigenvalue weighted by Crippen LogP contribution is 2.31. The number of nitrogens with one attached hydrogen (secondary N) is 1. The fourth-order valence-electron chi connectivity index (χ4n) is 2.10. The van der Waals surface area contributed by atoms with Gasteiger partial charge in [0.2, 0.25) is 0 Å². The van der Waals surface area contributed by atoms with E-state index in [-0.39, 0.29) is 0 Å². The average molecular weight is 324 g/mol. The van der Waals surface area contributed by atoms with Gasteiger partial charge in [0.05, 0.1) is 0 Å². The van der Waals surface area contributed by atoms with Crippen molar-refractivity contribution in [2.45, 2.75) is 27.3 Å². The molecule has 0 unspecified atom stereocenters. The highest BCUT2D eigenvalue weighted by molar-refractivity contribution is 6.32. The minimum Gasteiger partial charge on any atom is -0.457 e. The van der Waals surface area contributed by atoms with Crippen molar-refractivity contribution in [3.05, 3.63) is 57.1 Å². The number of benzene rings is 2. The first-order chi connectivity index (χ1) is 10.0. The second-order valence-corrected chi connectivity index (χ2v) is 5.79. The molecule has 112 valence electrons. The molecule has 2 aromatic rings. The molecule has 0 saturated heterocycles. The SMILES string of the molecule is CCNCc1ccc(Oc2cc(C)c(Cl)c(C)c2)cc1Cl. The van der Waals surface area contributed by atoms with Crippen LogP contribution in [-0.4, -0.2) is 6.54 Å². The predicted molar refractivity (Wildman–Crippen MR) is 89.8 cm³/mol. The summed E-state index contributed by atoms with van der Waals surface area (Å²) in [6.07, 6.45) is 0. The van der Waals surface area contributed by atoms with Crippen LogP contribution in [0.2, 0.25) is 10.0 Å². The van der Waals surface area contributed by atoms with Gasteiger partial charge in [-0.25, -0.2) is 0 Å². The first-order valence-corrected chi connectivity index (χ1v) is 7.70. The zero-order valence-corrected chi connectivity index (χ0v) is 14.0. The first kappa shape index (κ1) is 16.2. The quantitative estimate of drug-likeness (QED) is 0.783. The first-order valence-electron chi connectivity index (χ1n) is 6.95. The molecule has 0 amide bonds. The molecule has 0 bridgehead atoms. The van der Waals surface area contributed by atoms with Crippen LogP contribution in [0.3, 0.4) is 0 Å². The Morgan fingerprint density at radius 1 is 1.00 bits per heavy atom. The lowest BCUT2D eigenvalue weighted by Gasteiger charge is -2.11. The molecule has 0 heterocycles. The van der Waals surface area contributed by atoms with Gasteiger partial charge in [-0.15, -0.1) is 0 Å². The number of hydrogen-bond acceptors (Lipinski definition) is 2. The zero-order chi connectivity index (χ0) is 15.4. The Labute approximate surface area is 136 Å². The van der Waals surface area contributed by atoms with Gasteiger partial charge in [-0.3, -0.25) is 0 Å². The lowest BCUT2D eigenvalue weighted by Crippen LogP contribution is -2.11. The molecular weight excluding hydrogens is 305 g/mol. The molecule has 2 rings (SSSR count). The topological polar surface area (TPSA) is 21.3 Å². The van der Waals surface area contributed by atoms with Gasteiger partial charge in [-0.2, -0.15) is 0 Å². The molecule has 2 aromatic carbocycles. The summed E-state index contributed by atoms with van der Waals surface area (Å²) in [4.78, 5) is 0. The van der Waals surface area contributed by atoms with Crippen LogP contribution >= 0.6 is 23.2 Å². The van der Waals surface area contributed by atoms with Crippen LogP contribution in [0.15, 0.2) is 30.3 Å². The van der Waals surface area contributed by atoms with Crippen molar-refractivity contribution in [2.75, 3.05) is 6.54 Å². The van der Waals surface area contributed by atoms with Gasteiger partial charge in [0.25, 0.3) is 0 Å². The normalized spacial score (nSPS) is 10.7. The van der Waals surface area contributed by atoms with E-state index in [2.05, 4.69) is 12.2 Å². The van der Waals surface area contributed by atoms with Crippen molar-refractivity contribution < 1.29 is 4.74 Å². The van der Waals surface area contributed by atoms with Crippen LogP contribution in [0.5, 0.6) is 11.5 Å². The van der Waals surface area contributed by atoms with E-state index in [1.54, 1.807) is 0 Å². The summed E-state index contributed by atoms with van der Waals surface area (Å²) in [5, 5.41) is 4.74. The van der Waals surface area contributed by atoms with Crippen LogP contribution in [0.1, 0.15) is 23.6 Å². The summed E-state index contributed by atoms with van der Waals surface area (Å²) >= 11 is 12.4. The number of aryl methyl sites for hydroxylation is 2. The smallest absolute Gasteiger partial charge is 0.128 e. The Balaban J connectivity index is 2.18. The lowest BCUT2D eigenvalue weighted by atomic mass is 10.1. The summed E-state index contributed by atoms with van der Waals surface area (Å²) in [6.45, 7) is 7.67. The second kappa shape index (κ2) is 7.17. The summed E-state index contributed by atoms with van der Waals surface area (Å²) in [6, 6.07) is 9.60. The molecule has 0 aliphatic heterocycles. The van der Waals surface area contributed by atoms with Gasteiger partial charge < -0.3 is 10.1 Å². The summed E-state index contributed by atoms with van der Waals surface area (Å²) < 4.78 is 5.87. The summed E-state index contributed by atoms with van der Waals surface area (Å²) in [5.74, 6) is 1.49. The van der Waals surface area contributed by atoms with Crippen molar-refractivity contribution in [3.63, 3.8) is 0 Å².